The summed E-state index contributed by atoms with van der Waals surface area (Å²) in [5, 5.41) is 14.0. The van der Waals surface area contributed by atoms with Crippen LogP contribution in [0.3, 0.4) is 0 Å². The van der Waals surface area contributed by atoms with Crippen LogP contribution in [0, 0.1) is 0 Å². The average molecular weight is 201 g/mol. The molecule has 0 unspecified atom stereocenters. The summed E-state index contributed by atoms with van der Waals surface area (Å²) < 4.78 is 0. The van der Waals surface area contributed by atoms with E-state index in [0.29, 0.717) is 5.69 Å². The van der Waals surface area contributed by atoms with Gasteiger partial charge in [-0.3, -0.25) is 4.79 Å². The van der Waals surface area contributed by atoms with Crippen molar-refractivity contribution >= 4 is 22.4 Å². The second kappa shape index (κ2) is 3.61. The summed E-state index contributed by atoms with van der Waals surface area (Å²) in [6, 6.07) is 10.8. The number of carbonyl (C=O) groups is 1. The third-order valence-electron chi connectivity index (χ3n) is 2.16. The van der Waals surface area contributed by atoms with Gasteiger partial charge in [0.2, 0.25) is 5.91 Å². The Morgan fingerprint density at radius 1 is 1.27 bits per heavy atom. The lowest BCUT2D eigenvalue weighted by Gasteiger charge is -2.07. The third-order valence-corrected chi connectivity index (χ3v) is 2.16. The molecule has 0 heterocycles. The molecule has 2 aromatic carbocycles. The first-order valence-electron chi connectivity index (χ1n) is 4.66. The van der Waals surface area contributed by atoms with Gasteiger partial charge < -0.3 is 10.4 Å². The number of fused-ring (bicyclic) bond motifs is 1. The van der Waals surface area contributed by atoms with Gasteiger partial charge in [-0.2, -0.15) is 0 Å². The van der Waals surface area contributed by atoms with Crippen molar-refractivity contribution in [2.75, 3.05) is 5.32 Å². The Morgan fingerprint density at radius 3 is 2.73 bits per heavy atom. The fraction of sp³-hybridized carbons (Fsp3) is 0.0833. The Hall–Kier alpha value is -2.03. The average Bonchev–Trinajstić information content (AvgIpc) is 2.16. The largest absolute Gasteiger partial charge is 0.508 e. The van der Waals surface area contributed by atoms with Gasteiger partial charge in [0.05, 0.1) is 5.69 Å². The van der Waals surface area contributed by atoms with Crippen LogP contribution in [0.4, 0.5) is 5.69 Å². The highest BCUT2D eigenvalue weighted by atomic mass is 16.3. The standard InChI is InChI=1S/C12H11NO2/c1-8(14)13-12-7-10(15)6-9-4-2-3-5-11(9)12/h2-7,15H,1H3,(H,13,14). The Labute approximate surface area is 87.3 Å². The fourth-order valence-electron chi connectivity index (χ4n) is 1.59. The van der Waals surface area contributed by atoms with Crippen LogP contribution in [-0.4, -0.2) is 11.0 Å². The minimum atomic E-state index is -0.147. The highest BCUT2D eigenvalue weighted by molar-refractivity contribution is 6.02. The Morgan fingerprint density at radius 2 is 2.00 bits per heavy atom. The van der Waals surface area contributed by atoms with Crippen molar-refractivity contribution in [3.8, 4) is 5.75 Å². The maximum absolute atomic E-state index is 11.0. The molecule has 2 rings (SSSR count). The number of hydrogen-bond acceptors (Lipinski definition) is 2. The molecule has 0 saturated heterocycles. The quantitative estimate of drug-likeness (QED) is 0.744. The maximum Gasteiger partial charge on any atom is 0.221 e. The molecule has 0 aliphatic heterocycles. The summed E-state index contributed by atoms with van der Waals surface area (Å²) in [4.78, 5) is 11.0. The zero-order chi connectivity index (χ0) is 10.8. The van der Waals surface area contributed by atoms with Crippen molar-refractivity contribution in [2.45, 2.75) is 6.92 Å². The van der Waals surface area contributed by atoms with Gasteiger partial charge in [-0.1, -0.05) is 24.3 Å². The van der Waals surface area contributed by atoms with E-state index in [1.807, 2.05) is 24.3 Å². The van der Waals surface area contributed by atoms with E-state index in [2.05, 4.69) is 5.32 Å². The van der Waals surface area contributed by atoms with Crippen LogP contribution in [0.5, 0.6) is 5.75 Å². The summed E-state index contributed by atoms with van der Waals surface area (Å²) in [5.41, 5.74) is 0.637. The Kier molecular flexibility index (Phi) is 2.29. The molecule has 1 amide bonds. The second-order valence-electron chi connectivity index (χ2n) is 3.40. The van der Waals surface area contributed by atoms with E-state index in [4.69, 9.17) is 0 Å². The van der Waals surface area contributed by atoms with Crippen molar-refractivity contribution in [3.05, 3.63) is 36.4 Å². The first-order chi connectivity index (χ1) is 7.16. The molecule has 2 aromatic rings. The van der Waals surface area contributed by atoms with Gasteiger partial charge in [0.25, 0.3) is 0 Å². The minimum Gasteiger partial charge on any atom is -0.508 e. The molecule has 0 saturated carbocycles. The lowest BCUT2D eigenvalue weighted by Crippen LogP contribution is -2.05. The molecule has 0 aromatic heterocycles. The van der Waals surface area contributed by atoms with E-state index in [1.165, 1.54) is 6.92 Å². The molecule has 0 aliphatic carbocycles. The van der Waals surface area contributed by atoms with E-state index >= 15 is 0 Å². The zero-order valence-electron chi connectivity index (χ0n) is 8.32. The number of phenols is 1. The van der Waals surface area contributed by atoms with Crippen LogP contribution in [0.2, 0.25) is 0 Å². The summed E-state index contributed by atoms with van der Waals surface area (Å²) >= 11 is 0. The molecule has 0 atom stereocenters. The van der Waals surface area contributed by atoms with Gasteiger partial charge in [0.1, 0.15) is 5.75 Å². The van der Waals surface area contributed by atoms with Crippen LogP contribution < -0.4 is 5.32 Å². The number of benzene rings is 2. The SMILES string of the molecule is CC(=O)Nc1cc(O)cc2ccccc12. The summed E-state index contributed by atoms with van der Waals surface area (Å²) in [6.07, 6.45) is 0. The van der Waals surface area contributed by atoms with Crippen LogP contribution in [0.25, 0.3) is 10.8 Å². The van der Waals surface area contributed by atoms with Gasteiger partial charge in [-0.25, -0.2) is 0 Å². The van der Waals surface area contributed by atoms with E-state index in [9.17, 15) is 9.90 Å². The van der Waals surface area contributed by atoms with E-state index in [0.717, 1.165) is 10.8 Å². The molecular formula is C12H11NO2. The van der Waals surface area contributed by atoms with E-state index < -0.39 is 0 Å². The highest BCUT2D eigenvalue weighted by Crippen LogP contribution is 2.28. The molecule has 3 heteroatoms. The monoisotopic (exact) mass is 201 g/mol. The lowest BCUT2D eigenvalue weighted by molar-refractivity contribution is -0.114. The summed E-state index contributed by atoms with van der Waals surface area (Å²) in [7, 11) is 0. The molecule has 76 valence electrons. The molecule has 0 spiro atoms. The maximum atomic E-state index is 11.0. The number of hydrogen-bond donors (Lipinski definition) is 2. The second-order valence-corrected chi connectivity index (χ2v) is 3.40. The number of carbonyl (C=O) groups excluding carboxylic acids is 1. The molecule has 0 aliphatic rings. The van der Waals surface area contributed by atoms with Crippen molar-refractivity contribution in [2.24, 2.45) is 0 Å². The molecule has 0 fully saturated rings. The van der Waals surface area contributed by atoms with E-state index in [1.54, 1.807) is 12.1 Å². The molecule has 3 nitrogen and oxygen atoms in total. The molecule has 0 radical (unpaired) electrons. The highest BCUT2D eigenvalue weighted by Gasteiger charge is 2.04. The van der Waals surface area contributed by atoms with Gasteiger partial charge in [-0.05, 0) is 11.5 Å². The van der Waals surface area contributed by atoms with Gasteiger partial charge in [0, 0.05) is 18.4 Å². The van der Waals surface area contributed by atoms with Crippen LogP contribution >= 0.6 is 0 Å². The predicted octanol–water partition coefficient (Wildman–Crippen LogP) is 2.50. The van der Waals surface area contributed by atoms with Gasteiger partial charge in [-0.15, -0.1) is 0 Å². The summed E-state index contributed by atoms with van der Waals surface area (Å²) in [5.74, 6) is 0.00297. The van der Waals surface area contributed by atoms with Crippen molar-refractivity contribution < 1.29 is 9.90 Å². The molecule has 2 N–H and O–H groups in total. The molecular weight excluding hydrogens is 190 g/mol. The van der Waals surface area contributed by atoms with Crippen molar-refractivity contribution in [1.29, 1.82) is 0 Å². The minimum absolute atomic E-state index is 0.147. The van der Waals surface area contributed by atoms with E-state index in [-0.39, 0.29) is 11.7 Å². The molecule has 15 heavy (non-hydrogen) atoms. The first kappa shape index (κ1) is 9.52. The van der Waals surface area contributed by atoms with Gasteiger partial charge >= 0.3 is 0 Å². The number of rotatable bonds is 1. The topological polar surface area (TPSA) is 49.3 Å². The Balaban J connectivity index is 2.65. The number of aromatic hydroxyl groups is 1. The number of nitrogens with one attached hydrogen (secondary N) is 1. The Bertz CT molecular complexity index is 520. The predicted molar refractivity (Wildman–Crippen MR) is 59.9 cm³/mol. The van der Waals surface area contributed by atoms with Crippen molar-refractivity contribution in [3.63, 3.8) is 0 Å². The van der Waals surface area contributed by atoms with Crippen LogP contribution in [0.1, 0.15) is 6.92 Å². The first-order valence-corrected chi connectivity index (χ1v) is 4.66. The normalized spacial score (nSPS) is 10.2. The smallest absolute Gasteiger partial charge is 0.221 e. The third kappa shape index (κ3) is 1.91. The van der Waals surface area contributed by atoms with Crippen LogP contribution in [0.15, 0.2) is 36.4 Å². The number of anilines is 1. The number of phenolic OH excluding ortho intramolecular Hbond substituents is 1. The number of amides is 1. The zero-order valence-corrected chi connectivity index (χ0v) is 8.32. The lowest BCUT2D eigenvalue weighted by atomic mass is 10.1. The van der Waals surface area contributed by atoms with Gasteiger partial charge in [0.15, 0.2) is 0 Å². The summed E-state index contributed by atoms with van der Waals surface area (Å²) in [6.45, 7) is 1.44. The fourth-order valence-corrected chi connectivity index (χ4v) is 1.59. The van der Waals surface area contributed by atoms with Crippen molar-refractivity contribution in [1.82, 2.24) is 0 Å². The van der Waals surface area contributed by atoms with Crippen LogP contribution in [-0.2, 0) is 4.79 Å². The molecule has 0 bridgehead atoms.